The molecule has 0 aliphatic rings. The Morgan fingerprint density at radius 3 is 1.11 bits per heavy atom. The van der Waals surface area contributed by atoms with Crippen molar-refractivity contribution in [2.45, 2.75) is 0 Å². The average Bonchev–Trinajstić information content (AvgIpc) is 1.55. The molecule has 0 spiro atoms. The third kappa shape index (κ3) is 8.86. The predicted octanol–water partition coefficient (Wildman–Crippen LogP) is 23.8. The molecule has 0 aliphatic heterocycles. The van der Waals surface area contributed by atoms with Crippen LogP contribution in [0.5, 0.6) is 0 Å². The van der Waals surface area contributed by atoms with E-state index in [1.807, 2.05) is 60.7 Å². The summed E-state index contributed by atoms with van der Waals surface area (Å²) in [5.41, 5.74) is 20.2. The number of fused-ring (bicyclic) bond motifs is 20. The molecule has 0 aliphatic carbocycles. The molecule has 0 saturated heterocycles. The van der Waals surface area contributed by atoms with Crippen LogP contribution in [-0.2, 0) is 0 Å². The van der Waals surface area contributed by atoms with Gasteiger partial charge in [0.2, 0.25) is 0 Å². The van der Waals surface area contributed by atoms with E-state index in [9.17, 15) is 0 Å². The Kier molecular flexibility index (Phi) is 12.8. The first-order valence-corrected chi connectivity index (χ1v) is 34.4. The van der Waals surface area contributed by atoms with Gasteiger partial charge < -0.3 is 18.0 Å². The average molecular weight is 1310 g/mol. The highest BCUT2D eigenvalue weighted by atomic mass is 16.3. The zero-order valence-corrected chi connectivity index (χ0v) is 54.7. The molecule has 14 aromatic carbocycles. The van der Waals surface area contributed by atoms with Gasteiger partial charge in [0.1, 0.15) is 34.0 Å². The molecule has 10 heteroatoms. The first-order chi connectivity index (χ1) is 50.6. The molecule has 0 saturated carbocycles. The third-order valence-electron chi connectivity index (χ3n) is 20.3. The Bertz CT molecular complexity index is 7120. The van der Waals surface area contributed by atoms with Gasteiger partial charge in [0.15, 0.2) is 11.6 Å². The smallest absolute Gasteiger partial charge is 0.165 e. The molecule has 0 unspecified atom stereocenters. The van der Waals surface area contributed by atoms with Crippen molar-refractivity contribution in [3.63, 3.8) is 0 Å². The zero-order valence-electron chi connectivity index (χ0n) is 54.7. The summed E-state index contributed by atoms with van der Waals surface area (Å²) in [5.74, 6) is 2.88. The van der Waals surface area contributed by atoms with Gasteiger partial charge in [0.05, 0.1) is 61.1 Å². The zero-order chi connectivity index (χ0) is 66.9. The lowest BCUT2D eigenvalue weighted by Crippen LogP contribution is -2.02. The fraction of sp³-hybridized carbons (Fsp3) is 0. The van der Waals surface area contributed by atoms with E-state index in [4.69, 9.17) is 28.8 Å². The maximum Gasteiger partial charge on any atom is 0.165 e. The summed E-state index contributed by atoms with van der Waals surface area (Å²) in [6.07, 6.45) is 0. The van der Waals surface area contributed by atoms with Crippen molar-refractivity contribution >= 4 is 131 Å². The lowest BCUT2D eigenvalue weighted by atomic mass is 10.1. The Labute approximate surface area is 582 Å². The number of furan rings is 2. The maximum atomic E-state index is 6.49. The largest absolute Gasteiger partial charge is 0.456 e. The Hall–Kier alpha value is -14.0. The molecule has 0 bridgehead atoms. The van der Waals surface area contributed by atoms with Crippen LogP contribution in [0.1, 0.15) is 0 Å². The molecule has 0 atom stereocenters. The SMILES string of the molecule is c1ccc(-c2cc(-n3c4ccccc4c4c5c6ccccc6n(-c6ccccc6)c5ccc43)nc(-c3cccc4c3oc3ccccc34)n2)cc1.c1ccc(-c2nc(-c3ccc4c(c3)oc3ccccc34)cc(-n3c4ccccc4c4c5c6ccccc6n(-c6ccccc6)c5ccc43)n2)cc1. The number of nitrogens with zero attached hydrogens (tertiary/aromatic N) is 8. The van der Waals surface area contributed by atoms with Crippen LogP contribution in [0.3, 0.4) is 0 Å². The van der Waals surface area contributed by atoms with E-state index >= 15 is 0 Å². The molecule has 8 heterocycles. The van der Waals surface area contributed by atoms with Crippen LogP contribution in [-0.4, -0.2) is 38.2 Å². The monoisotopic (exact) mass is 1300 g/mol. The van der Waals surface area contributed by atoms with E-state index in [-0.39, 0.29) is 0 Å². The van der Waals surface area contributed by atoms with Crippen molar-refractivity contribution in [3.05, 3.63) is 340 Å². The molecule has 0 radical (unpaired) electrons. The molecule has 0 N–H and O–H groups in total. The molecule has 8 aromatic heterocycles. The minimum Gasteiger partial charge on any atom is -0.456 e. The predicted molar refractivity (Wildman–Crippen MR) is 418 cm³/mol. The second kappa shape index (κ2) is 22.8. The molecular weight excluding hydrogens is 1250 g/mol. The summed E-state index contributed by atoms with van der Waals surface area (Å²) in [7, 11) is 0. The number of para-hydroxylation sites is 9. The normalized spacial score (nSPS) is 11.9. The van der Waals surface area contributed by atoms with Gasteiger partial charge in [-0.1, -0.05) is 224 Å². The van der Waals surface area contributed by atoms with Gasteiger partial charge >= 0.3 is 0 Å². The molecule has 0 amide bonds. The molecule has 476 valence electrons. The van der Waals surface area contributed by atoms with Gasteiger partial charge in [-0.25, -0.2) is 19.9 Å². The van der Waals surface area contributed by atoms with Crippen LogP contribution < -0.4 is 0 Å². The summed E-state index contributed by atoms with van der Waals surface area (Å²) in [6.45, 7) is 0. The van der Waals surface area contributed by atoms with Crippen molar-refractivity contribution in [3.8, 4) is 68.3 Å². The summed E-state index contributed by atoms with van der Waals surface area (Å²) < 4.78 is 22.2. The van der Waals surface area contributed by atoms with Gasteiger partial charge in [0, 0.05) is 105 Å². The Morgan fingerprint density at radius 1 is 0.216 bits per heavy atom. The molecule has 0 fully saturated rings. The van der Waals surface area contributed by atoms with E-state index in [2.05, 4.69) is 297 Å². The van der Waals surface area contributed by atoms with Gasteiger partial charge in [-0.2, -0.15) is 0 Å². The summed E-state index contributed by atoms with van der Waals surface area (Å²) >= 11 is 0. The minimum atomic E-state index is 0.615. The van der Waals surface area contributed by atoms with Crippen molar-refractivity contribution in [1.82, 2.24) is 38.2 Å². The van der Waals surface area contributed by atoms with Crippen molar-refractivity contribution in [2.24, 2.45) is 0 Å². The van der Waals surface area contributed by atoms with Crippen LogP contribution in [0.2, 0.25) is 0 Å². The van der Waals surface area contributed by atoms with Gasteiger partial charge in [0.25, 0.3) is 0 Å². The lowest BCUT2D eigenvalue weighted by molar-refractivity contribution is 0.669. The first kappa shape index (κ1) is 57.1. The summed E-state index contributed by atoms with van der Waals surface area (Å²) in [4.78, 5) is 21.0. The molecular formula is C92H56N8O2. The van der Waals surface area contributed by atoms with Gasteiger partial charge in [-0.3, -0.25) is 9.13 Å². The van der Waals surface area contributed by atoms with E-state index < -0.39 is 0 Å². The quantitative estimate of drug-likeness (QED) is 0.150. The van der Waals surface area contributed by atoms with Crippen LogP contribution >= 0.6 is 0 Å². The molecule has 22 aromatic rings. The third-order valence-corrected chi connectivity index (χ3v) is 20.3. The van der Waals surface area contributed by atoms with Crippen LogP contribution in [0.15, 0.2) is 349 Å². The van der Waals surface area contributed by atoms with Gasteiger partial charge in [-0.15, -0.1) is 0 Å². The second-order valence-electron chi connectivity index (χ2n) is 26.0. The number of hydrogen-bond acceptors (Lipinski definition) is 6. The molecule has 10 nitrogen and oxygen atoms in total. The van der Waals surface area contributed by atoms with Crippen LogP contribution in [0.4, 0.5) is 0 Å². The van der Waals surface area contributed by atoms with Crippen molar-refractivity contribution in [2.75, 3.05) is 0 Å². The van der Waals surface area contributed by atoms with Crippen LogP contribution in [0.25, 0.3) is 199 Å². The summed E-state index contributed by atoms with van der Waals surface area (Å²) in [5, 5.41) is 14.0. The Balaban J connectivity index is 0.000000133. The number of rotatable bonds is 8. The highest BCUT2D eigenvalue weighted by Crippen LogP contribution is 2.46. The highest BCUT2D eigenvalue weighted by molar-refractivity contribution is 6.30. The van der Waals surface area contributed by atoms with Crippen LogP contribution in [0, 0.1) is 0 Å². The lowest BCUT2D eigenvalue weighted by Gasteiger charge is -2.12. The maximum absolute atomic E-state index is 6.49. The minimum absolute atomic E-state index is 0.615. The Morgan fingerprint density at radius 2 is 0.588 bits per heavy atom. The van der Waals surface area contributed by atoms with Crippen molar-refractivity contribution in [1.29, 1.82) is 0 Å². The standard InChI is InChI=1S/2C46H28N4O/c1-3-14-29(15-4-1)36-28-42(48-46(47-36)35-22-13-21-32-31-18-9-12-25-41(31)51-45(32)35)50-38-24-11-8-20-34(38)44-40(50)27-26-39-43(44)33-19-7-10-23-37(33)49(39)30-16-5-2-6-17-30;1-3-13-29(14-4-1)46-47-36(30-23-24-33-32-17-9-12-22-41(32)51-42(33)27-30)28-43(48-46)50-38-21-11-8-19-35(38)45-40(50)26-25-39-44(45)34-18-7-10-20-37(34)49(39)31-15-5-2-6-16-31/h2*1-28H. The first-order valence-electron chi connectivity index (χ1n) is 34.4. The summed E-state index contributed by atoms with van der Waals surface area (Å²) in [6, 6.07) is 119. The fourth-order valence-corrected chi connectivity index (χ4v) is 15.9. The van der Waals surface area contributed by atoms with E-state index in [1.165, 1.54) is 65.2 Å². The number of aromatic nitrogens is 8. The molecule has 102 heavy (non-hydrogen) atoms. The number of hydrogen-bond donors (Lipinski definition) is 0. The van der Waals surface area contributed by atoms with E-state index in [0.717, 1.165) is 123 Å². The number of benzene rings is 14. The topological polar surface area (TPSA) is 97.6 Å². The van der Waals surface area contributed by atoms with E-state index in [1.54, 1.807) is 0 Å². The van der Waals surface area contributed by atoms with Crippen molar-refractivity contribution < 1.29 is 8.83 Å². The fourth-order valence-electron chi connectivity index (χ4n) is 15.9. The second-order valence-corrected chi connectivity index (χ2v) is 26.0. The molecule has 22 rings (SSSR count). The van der Waals surface area contributed by atoms with Gasteiger partial charge in [-0.05, 0) is 103 Å². The highest BCUT2D eigenvalue weighted by Gasteiger charge is 2.26. The van der Waals surface area contributed by atoms with E-state index in [0.29, 0.717) is 11.6 Å².